The van der Waals surface area contributed by atoms with Gasteiger partial charge in [0, 0.05) is 23.7 Å². The maximum Gasteiger partial charge on any atom is 0.251 e. The molecule has 3 rings (SSSR count). The predicted octanol–water partition coefficient (Wildman–Crippen LogP) is 4.14. The smallest absolute Gasteiger partial charge is 0.251 e. The second kappa shape index (κ2) is 9.62. The first-order valence-electron chi connectivity index (χ1n) is 10.4. The van der Waals surface area contributed by atoms with Crippen LogP contribution in [0.1, 0.15) is 61.5 Å². The Morgan fingerprint density at radius 1 is 1.17 bits per heavy atom. The molecule has 1 aliphatic heterocycles. The third kappa shape index (κ3) is 4.68. The van der Waals surface area contributed by atoms with Crippen molar-refractivity contribution in [2.45, 2.75) is 56.5 Å². The zero-order chi connectivity index (χ0) is 21.7. The largest absolute Gasteiger partial charge is 0.496 e. The first-order chi connectivity index (χ1) is 14.4. The highest BCUT2D eigenvalue weighted by molar-refractivity contribution is 7.89. The zero-order valence-electron chi connectivity index (χ0n) is 17.8. The van der Waals surface area contributed by atoms with Crippen LogP contribution in [-0.2, 0) is 10.0 Å². The van der Waals surface area contributed by atoms with Gasteiger partial charge in [0.05, 0.1) is 18.0 Å². The van der Waals surface area contributed by atoms with E-state index in [9.17, 15) is 13.2 Å². The lowest BCUT2D eigenvalue weighted by Gasteiger charge is -2.32. The zero-order valence-corrected chi connectivity index (χ0v) is 18.6. The molecule has 1 aliphatic rings. The van der Waals surface area contributed by atoms with Crippen molar-refractivity contribution in [3.8, 4) is 5.75 Å². The number of nitrogens with one attached hydrogen (secondary N) is 1. The van der Waals surface area contributed by atoms with Gasteiger partial charge in [0.25, 0.3) is 5.91 Å². The van der Waals surface area contributed by atoms with Gasteiger partial charge in [-0.15, -0.1) is 0 Å². The molecule has 0 aliphatic carbocycles. The summed E-state index contributed by atoms with van der Waals surface area (Å²) < 4.78 is 32.9. The number of methoxy groups -OCH3 is 1. The minimum Gasteiger partial charge on any atom is -0.496 e. The summed E-state index contributed by atoms with van der Waals surface area (Å²) >= 11 is 0. The van der Waals surface area contributed by atoms with Crippen LogP contribution in [0.2, 0.25) is 0 Å². The fourth-order valence-electron chi connectivity index (χ4n) is 3.94. The summed E-state index contributed by atoms with van der Waals surface area (Å²) in [5.41, 5.74) is 1.34. The Labute approximate surface area is 179 Å². The molecule has 2 atom stereocenters. The molecule has 0 spiro atoms. The van der Waals surface area contributed by atoms with E-state index in [2.05, 4.69) is 5.32 Å². The van der Waals surface area contributed by atoms with Gasteiger partial charge in [-0.05, 0) is 56.5 Å². The van der Waals surface area contributed by atoms with Crippen molar-refractivity contribution >= 4 is 15.9 Å². The fourth-order valence-corrected chi connectivity index (χ4v) is 5.64. The van der Waals surface area contributed by atoms with Gasteiger partial charge in [-0.25, -0.2) is 8.42 Å². The van der Waals surface area contributed by atoms with E-state index >= 15 is 0 Å². The van der Waals surface area contributed by atoms with Crippen LogP contribution in [0.25, 0.3) is 0 Å². The monoisotopic (exact) mass is 430 g/mol. The summed E-state index contributed by atoms with van der Waals surface area (Å²) in [6, 6.07) is 13.6. The van der Waals surface area contributed by atoms with E-state index < -0.39 is 10.0 Å². The molecule has 1 saturated heterocycles. The molecule has 2 aromatic carbocycles. The number of sulfonamides is 1. The third-order valence-electron chi connectivity index (χ3n) is 5.69. The van der Waals surface area contributed by atoms with Crippen LogP contribution in [0.4, 0.5) is 0 Å². The summed E-state index contributed by atoms with van der Waals surface area (Å²) in [4.78, 5) is 13.0. The molecule has 0 saturated carbocycles. The minimum atomic E-state index is -3.55. The number of carbonyl (C=O) groups excluding carboxylic acids is 1. The number of ether oxygens (including phenoxy) is 1. The minimum absolute atomic E-state index is 0.00195. The number of piperidine rings is 1. The van der Waals surface area contributed by atoms with Crippen molar-refractivity contribution in [2.24, 2.45) is 0 Å². The summed E-state index contributed by atoms with van der Waals surface area (Å²) in [5, 5.41) is 3.02. The van der Waals surface area contributed by atoms with E-state index in [1.807, 2.05) is 38.1 Å². The van der Waals surface area contributed by atoms with E-state index in [1.165, 1.54) is 12.1 Å². The third-order valence-corrected chi connectivity index (χ3v) is 7.72. The number of para-hydroxylation sites is 1. The van der Waals surface area contributed by atoms with Gasteiger partial charge in [0.15, 0.2) is 0 Å². The summed E-state index contributed by atoms with van der Waals surface area (Å²) in [7, 11) is -1.94. The van der Waals surface area contributed by atoms with Crippen molar-refractivity contribution < 1.29 is 17.9 Å². The number of nitrogens with zero attached hydrogens (tertiary/aromatic N) is 1. The van der Waals surface area contributed by atoms with E-state index in [0.29, 0.717) is 18.5 Å². The number of rotatable bonds is 7. The molecule has 30 heavy (non-hydrogen) atoms. The molecule has 1 heterocycles. The molecular weight excluding hydrogens is 400 g/mol. The molecular formula is C23H30N2O4S. The van der Waals surface area contributed by atoms with Crippen LogP contribution in [0.15, 0.2) is 53.4 Å². The van der Waals surface area contributed by atoms with Crippen LogP contribution >= 0.6 is 0 Å². The molecule has 162 valence electrons. The Kier molecular flexibility index (Phi) is 7.15. The van der Waals surface area contributed by atoms with E-state index in [-0.39, 0.29) is 22.9 Å². The number of benzene rings is 2. The van der Waals surface area contributed by atoms with Crippen LogP contribution in [0.3, 0.4) is 0 Å². The molecule has 0 aromatic heterocycles. The summed E-state index contributed by atoms with van der Waals surface area (Å²) in [6.45, 7) is 4.48. The van der Waals surface area contributed by atoms with Crippen LogP contribution in [0, 0.1) is 0 Å². The first-order valence-corrected chi connectivity index (χ1v) is 11.9. The molecule has 6 nitrogen and oxygen atoms in total. The Bertz CT molecular complexity index is 973. The normalized spacial score (nSPS) is 18.6. The standard InChI is InChI=1S/C23H30N2O4S/c1-4-21(20-10-5-6-11-22(20)29-3)24-23(26)18-12-14-19(15-13-18)30(27,28)25-16-8-7-9-17(25)2/h5-6,10-15,17,21H,4,7-9,16H2,1-3H3,(H,24,26). The van der Waals surface area contributed by atoms with E-state index in [0.717, 1.165) is 30.6 Å². The summed E-state index contributed by atoms with van der Waals surface area (Å²) in [6.07, 6.45) is 3.51. The van der Waals surface area contributed by atoms with Crippen LogP contribution in [-0.4, -0.2) is 38.3 Å². The molecule has 1 amide bonds. The molecule has 1 N–H and O–H groups in total. The molecule has 7 heteroatoms. The summed E-state index contributed by atoms with van der Waals surface area (Å²) in [5.74, 6) is 0.477. The lowest BCUT2D eigenvalue weighted by Crippen LogP contribution is -2.41. The Balaban J connectivity index is 1.76. The van der Waals surface area contributed by atoms with Crippen molar-refractivity contribution in [1.29, 1.82) is 0 Å². The van der Waals surface area contributed by atoms with Crippen molar-refractivity contribution in [3.63, 3.8) is 0 Å². The maximum absolute atomic E-state index is 13.0. The van der Waals surface area contributed by atoms with Gasteiger partial charge in [0.2, 0.25) is 10.0 Å². The van der Waals surface area contributed by atoms with Gasteiger partial charge in [0.1, 0.15) is 5.75 Å². The fraction of sp³-hybridized carbons (Fsp3) is 0.435. The quantitative estimate of drug-likeness (QED) is 0.716. The van der Waals surface area contributed by atoms with Gasteiger partial charge >= 0.3 is 0 Å². The molecule has 2 aromatic rings. The van der Waals surface area contributed by atoms with Gasteiger partial charge in [-0.3, -0.25) is 4.79 Å². The molecule has 2 unspecified atom stereocenters. The average Bonchev–Trinajstić information content (AvgIpc) is 2.77. The second-order valence-corrected chi connectivity index (χ2v) is 9.55. The van der Waals surface area contributed by atoms with Gasteiger partial charge in [-0.2, -0.15) is 4.31 Å². The van der Waals surface area contributed by atoms with Gasteiger partial charge in [-0.1, -0.05) is 31.5 Å². The number of hydrogen-bond donors (Lipinski definition) is 1. The molecule has 1 fully saturated rings. The van der Waals surface area contributed by atoms with Crippen LogP contribution < -0.4 is 10.1 Å². The van der Waals surface area contributed by atoms with Crippen molar-refractivity contribution in [3.05, 3.63) is 59.7 Å². The Morgan fingerprint density at radius 2 is 1.87 bits per heavy atom. The number of amides is 1. The van der Waals surface area contributed by atoms with Gasteiger partial charge < -0.3 is 10.1 Å². The lowest BCUT2D eigenvalue weighted by atomic mass is 10.0. The topological polar surface area (TPSA) is 75.7 Å². The SMILES string of the molecule is CCC(NC(=O)c1ccc(S(=O)(=O)N2CCCCC2C)cc1)c1ccccc1OC. The highest BCUT2D eigenvalue weighted by Gasteiger charge is 2.31. The lowest BCUT2D eigenvalue weighted by molar-refractivity contribution is 0.0935. The van der Waals surface area contributed by atoms with Crippen LogP contribution in [0.5, 0.6) is 5.75 Å². The molecule has 0 radical (unpaired) electrons. The van der Waals surface area contributed by atoms with E-state index in [4.69, 9.17) is 4.74 Å². The highest BCUT2D eigenvalue weighted by atomic mass is 32.2. The Morgan fingerprint density at radius 3 is 2.50 bits per heavy atom. The highest BCUT2D eigenvalue weighted by Crippen LogP contribution is 2.28. The average molecular weight is 431 g/mol. The van der Waals surface area contributed by atoms with E-state index in [1.54, 1.807) is 23.5 Å². The number of carbonyl (C=O) groups is 1. The van der Waals surface area contributed by atoms with Crippen molar-refractivity contribution in [1.82, 2.24) is 9.62 Å². The van der Waals surface area contributed by atoms with Crippen molar-refractivity contribution in [2.75, 3.05) is 13.7 Å². The predicted molar refractivity (Wildman–Crippen MR) is 117 cm³/mol. The number of hydrogen-bond acceptors (Lipinski definition) is 4. The Hall–Kier alpha value is -2.38. The maximum atomic E-state index is 13.0. The first kappa shape index (κ1) is 22.3. The second-order valence-electron chi connectivity index (χ2n) is 7.66. The molecule has 0 bridgehead atoms.